The van der Waals surface area contributed by atoms with Crippen molar-refractivity contribution in [3.8, 4) is 0 Å². The molecule has 0 aliphatic carbocycles. The van der Waals surface area contributed by atoms with Gasteiger partial charge in [0.05, 0.1) is 0 Å². The molecule has 1 aromatic rings. The van der Waals surface area contributed by atoms with E-state index in [2.05, 4.69) is 19.2 Å². The lowest BCUT2D eigenvalue weighted by Crippen LogP contribution is -2.46. The van der Waals surface area contributed by atoms with E-state index in [1.165, 1.54) is 0 Å². The highest BCUT2D eigenvalue weighted by Crippen LogP contribution is 2.30. The van der Waals surface area contributed by atoms with Crippen LogP contribution in [0.5, 0.6) is 0 Å². The molecule has 2 rings (SSSR count). The van der Waals surface area contributed by atoms with Crippen LogP contribution >= 0.6 is 11.8 Å². The summed E-state index contributed by atoms with van der Waals surface area (Å²) in [5.41, 5.74) is 1.10. The predicted octanol–water partition coefficient (Wildman–Crippen LogP) is 3.39. The fourth-order valence-electron chi connectivity index (χ4n) is 2.91. The number of rotatable bonds is 6. The normalized spacial score (nSPS) is 18.2. The van der Waals surface area contributed by atoms with E-state index in [0.717, 1.165) is 30.8 Å². The maximum absolute atomic E-state index is 12.7. The topological polar surface area (TPSA) is 69.6 Å². The van der Waals surface area contributed by atoms with Crippen LogP contribution in [0, 0.1) is 0 Å². The Hall–Kier alpha value is -1.69. The third-order valence-corrected chi connectivity index (χ3v) is 5.86. The molecule has 6 heteroatoms. The quantitative estimate of drug-likeness (QED) is 0.812. The Morgan fingerprint density at radius 1 is 1.28 bits per heavy atom. The first-order valence-electron chi connectivity index (χ1n) is 8.81. The summed E-state index contributed by atoms with van der Waals surface area (Å²) in [6, 6.07) is 9.62. The number of thioether (sulfide) groups is 1. The van der Waals surface area contributed by atoms with E-state index in [1.807, 2.05) is 47.0 Å². The van der Waals surface area contributed by atoms with Gasteiger partial charge in [-0.3, -0.25) is 4.79 Å². The molecule has 5 nitrogen and oxygen atoms in total. The first kappa shape index (κ1) is 19.6. The summed E-state index contributed by atoms with van der Waals surface area (Å²) >= 11 is 1.90. The van der Waals surface area contributed by atoms with Crippen molar-refractivity contribution in [3.63, 3.8) is 0 Å². The van der Waals surface area contributed by atoms with Crippen LogP contribution in [0.3, 0.4) is 0 Å². The fraction of sp³-hybridized carbons (Fsp3) is 0.579. The number of carboxylic acid groups (broad SMARTS) is 1. The first-order chi connectivity index (χ1) is 11.9. The molecule has 0 spiro atoms. The van der Waals surface area contributed by atoms with Crippen molar-refractivity contribution in [2.24, 2.45) is 0 Å². The summed E-state index contributed by atoms with van der Waals surface area (Å²) in [6.07, 6.45) is 2.10. The van der Waals surface area contributed by atoms with Crippen LogP contribution in [-0.2, 0) is 11.2 Å². The second-order valence-corrected chi connectivity index (χ2v) is 8.92. The van der Waals surface area contributed by atoms with Crippen molar-refractivity contribution < 1.29 is 14.7 Å². The molecule has 0 bridgehead atoms. The number of benzene rings is 1. The van der Waals surface area contributed by atoms with Gasteiger partial charge in [-0.2, -0.15) is 11.8 Å². The van der Waals surface area contributed by atoms with E-state index in [4.69, 9.17) is 5.11 Å². The largest absolute Gasteiger partial charge is 0.481 e. The maximum Gasteiger partial charge on any atom is 0.317 e. The van der Waals surface area contributed by atoms with Gasteiger partial charge in [-0.15, -0.1) is 0 Å². The van der Waals surface area contributed by atoms with E-state index >= 15 is 0 Å². The van der Waals surface area contributed by atoms with Gasteiger partial charge in [-0.25, -0.2) is 4.79 Å². The molecule has 1 atom stereocenters. The Balaban J connectivity index is 1.96. The molecule has 1 fully saturated rings. The molecule has 138 valence electrons. The van der Waals surface area contributed by atoms with E-state index in [9.17, 15) is 9.59 Å². The Labute approximate surface area is 154 Å². The minimum Gasteiger partial charge on any atom is -0.481 e. The summed E-state index contributed by atoms with van der Waals surface area (Å²) in [7, 11) is 0. The SMILES string of the molecule is CC1(C)CCN(C(=O)NC(CCC(=O)O)Cc2ccccc2)CCS1. The number of nitrogens with one attached hydrogen (secondary N) is 1. The summed E-state index contributed by atoms with van der Waals surface area (Å²) in [5, 5.41) is 12.0. The third-order valence-electron chi connectivity index (χ3n) is 4.48. The number of amides is 2. The molecule has 0 saturated carbocycles. The molecule has 1 aliphatic rings. The molecular weight excluding hydrogens is 336 g/mol. The summed E-state index contributed by atoms with van der Waals surface area (Å²) < 4.78 is 0.196. The smallest absolute Gasteiger partial charge is 0.317 e. The minimum absolute atomic E-state index is 0.0562. The van der Waals surface area contributed by atoms with E-state index in [-0.39, 0.29) is 23.2 Å². The highest BCUT2D eigenvalue weighted by molar-refractivity contribution is 8.00. The number of nitrogens with zero attached hydrogens (tertiary/aromatic N) is 1. The first-order valence-corrected chi connectivity index (χ1v) is 9.79. The Morgan fingerprint density at radius 3 is 2.68 bits per heavy atom. The molecule has 25 heavy (non-hydrogen) atoms. The van der Waals surface area contributed by atoms with Crippen molar-refractivity contribution in [2.75, 3.05) is 18.8 Å². The number of hydrogen-bond donors (Lipinski definition) is 2. The zero-order chi connectivity index (χ0) is 18.3. The van der Waals surface area contributed by atoms with Gasteiger partial charge in [0.1, 0.15) is 0 Å². The number of carbonyl (C=O) groups excluding carboxylic acids is 1. The highest BCUT2D eigenvalue weighted by atomic mass is 32.2. The number of carbonyl (C=O) groups is 2. The molecule has 1 aromatic carbocycles. The summed E-state index contributed by atoms with van der Waals surface area (Å²) in [6.45, 7) is 5.90. The van der Waals surface area contributed by atoms with E-state index in [1.54, 1.807) is 0 Å². The molecule has 1 unspecified atom stereocenters. The van der Waals surface area contributed by atoms with Crippen LogP contribution < -0.4 is 5.32 Å². The van der Waals surface area contributed by atoms with Crippen molar-refractivity contribution in [3.05, 3.63) is 35.9 Å². The standard InChI is InChI=1S/C19H28N2O3S/c1-19(2)10-11-21(12-13-25-19)18(24)20-16(8-9-17(22)23)14-15-6-4-3-5-7-15/h3-7,16H,8-14H2,1-2H3,(H,20,24)(H,22,23). The van der Waals surface area contributed by atoms with Gasteiger partial charge in [-0.1, -0.05) is 44.2 Å². The van der Waals surface area contributed by atoms with Gasteiger partial charge in [0.15, 0.2) is 0 Å². The number of aliphatic carboxylic acids is 1. The molecule has 2 amide bonds. The highest BCUT2D eigenvalue weighted by Gasteiger charge is 2.27. The molecule has 1 aliphatic heterocycles. The van der Waals surface area contributed by atoms with E-state index < -0.39 is 5.97 Å². The Bertz CT molecular complexity index is 577. The number of urea groups is 1. The monoisotopic (exact) mass is 364 g/mol. The van der Waals surface area contributed by atoms with Crippen LogP contribution in [0.15, 0.2) is 30.3 Å². The van der Waals surface area contributed by atoms with Gasteiger partial charge >= 0.3 is 12.0 Å². The zero-order valence-electron chi connectivity index (χ0n) is 15.0. The molecule has 1 saturated heterocycles. The maximum atomic E-state index is 12.7. The summed E-state index contributed by atoms with van der Waals surface area (Å²) in [4.78, 5) is 25.5. The molecule has 0 aromatic heterocycles. The van der Waals surface area contributed by atoms with Gasteiger partial charge in [0.2, 0.25) is 0 Å². The van der Waals surface area contributed by atoms with Crippen molar-refractivity contribution >= 4 is 23.8 Å². The third kappa shape index (κ3) is 6.98. The van der Waals surface area contributed by atoms with Crippen LogP contribution in [0.2, 0.25) is 0 Å². The lowest BCUT2D eigenvalue weighted by Gasteiger charge is -2.26. The lowest BCUT2D eigenvalue weighted by molar-refractivity contribution is -0.137. The molecular formula is C19H28N2O3S. The van der Waals surface area contributed by atoms with Gasteiger partial charge in [0.25, 0.3) is 0 Å². The van der Waals surface area contributed by atoms with Crippen molar-refractivity contribution in [1.82, 2.24) is 10.2 Å². The van der Waals surface area contributed by atoms with E-state index in [0.29, 0.717) is 12.8 Å². The van der Waals surface area contributed by atoms with Gasteiger partial charge in [-0.05, 0) is 24.8 Å². The Kier molecular flexibility index (Phi) is 7.17. The minimum atomic E-state index is -0.833. The van der Waals surface area contributed by atoms with Crippen LogP contribution in [0.1, 0.15) is 38.7 Å². The molecule has 0 radical (unpaired) electrons. The molecule has 2 N–H and O–H groups in total. The number of carboxylic acids is 1. The fourth-order valence-corrected chi connectivity index (χ4v) is 4.01. The van der Waals surface area contributed by atoms with Crippen LogP contribution in [0.4, 0.5) is 4.79 Å². The van der Waals surface area contributed by atoms with Crippen molar-refractivity contribution in [1.29, 1.82) is 0 Å². The predicted molar refractivity (Wildman–Crippen MR) is 102 cm³/mol. The van der Waals surface area contributed by atoms with Crippen molar-refractivity contribution in [2.45, 2.75) is 50.3 Å². The Morgan fingerprint density at radius 2 is 2.00 bits per heavy atom. The number of hydrogen-bond acceptors (Lipinski definition) is 3. The average Bonchev–Trinajstić information content (AvgIpc) is 2.74. The van der Waals surface area contributed by atoms with Crippen LogP contribution in [-0.4, -0.2) is 51.6 Å². The second-order valence-electron chi connectivity index (χ2n) is 7.11. The average molecular weight is 365 g/mol. The van der Waals surface area contributed by atoms with Gasteiger partial charge < -0.3 is 15.3 Å². The van der Waals surface area contributed by atoms with Crippen LogP contribution in [0.25, 0.3) is 0 Å². The van der Waals surface area contributed by atoms with Gasteiger partial charge in [0, 0.05) is 36.1 Å². The lowest BCUT2D eigenvalue weighted by atomic mass is 10.0. The molecule has 1 heterocycles. The summed E-state index contributed by atoms with van der Waals surface area (Å²) in [5.74, 6) is 0.0963. The zero-order valence-corrected chi connectivity index (χ0v) is 15.8. The second kappa shape index (κ2) is 9.13.